The number of ether oxygens (including phenoxy) is 3. The summed E-state index contributed by atoms with van der Waals surface area (Å²) in [6, 6.07) is 0.825. The normalized spacial score (nSPS) is 20.0. The molecule has 0 aliphatic carbocycles. The standard InChI is InChI=1S/C19H48O8Si5.2CH4/c1-28(2,3)24-30(7,8)26-32(10,18-22-14-12-20)27-31(9,25-29(4,5)6)15-11-13-21-16-19-17-23-19;;/h19-20H,11-18H2,1-10H3;2*1H4. The zero-order chi connectivity index (χ0) is 24.7. The Bertz CT molecular complexity index is 554. The Labute approximate surface area is 216 Å². The van der Waals surface area contributed by atoms with Gasteiger partial charge in [-0.1, -0.05) is 14.9 Å². The maximum Gasteiger partial charge on any atom is 0.344 e. The van der Waals surface area contributed by atoms with Gasteiger partial charge in [-0.2, -0.15) is 0 Å². The van der Waals surface area contributed by atoms with E-state index in [1.54, 1.807) is 0 Å². The lowest BCUT2D eigenvalue weighted by atomic mass is 10.5. The Morgan fingerprint density at radius 3 is 1.76 bits per heavy atom. The van der Waals surface area contributed by atoms with E-state index in [2.05, 4.69) is 58.9 Å². The number of hydrogen-bond donors (Lipinski definition) is 1. The van der Waals surface area contributed by atoms with Crippen molar-refractivity contribution in [1.82, 2.24) is 0 Å². The second kappa shape index (κ2) is 15.2. The molecule has 1 heterocycles. The summed E-state index contributed by atoms with van der Waals surface area (Å²) in [4.78, 5) is 0. The second-order valence-corrected chi connectivity index (χ2v) is 31.0. The minimum absolute atomic E-state index is 0. The molecule has 8 nitrogen and oxygen atoms in total. The predicted octanol–water partition coefficient (Wildman–Crippen LogP) is 5.19. The first-order chi connectivity index (χ1) is 14.5. The third-order valence-corrected chi connectivity index (χ3v) is 21.9. The lowest BCUT2D eigenvalue weighted by Crippen LogP contribution is -2.62. The number of epoxide rings is 1. The van der Waals surface area contributed by atoms with Crippen molar-refractivity contribution >= 4 is 42.3 Å². The third-order valence-electron chi connectivity index (χ3n) is 4.19. The van der Waals surface area contributed by atoms with E-state index in [0.717, 1.165) is 19.1 Å². The first kappa shape index (κ1) is 36.9. The Morgan fingerprint density at radius 1 is 0.735 bits per heavy atom. The van der Waals surface area contributed by atoms with Crippen molar-refractivity contribution in [2.45, 2.75) is 98.9 Å². The van der Waals surface area contributed by atoms with Crippen LogP contribution in [0.5, 0.6) is 0 Å². The molecular weight excluding hydrogens is 521 g/mol. The van der Waals surface area contributed by atoms with Gasteiger partial charge in [0.1, 0.15) is 6.10 Å². The van der Waals surface area contributed by atoms with Crippen molar-refractivity contribution in [1.29, 1.82) is 0 Å². The van der Waals surface area contributed by atoms with Gasteiger partial charge in [-0.05, 0) is 77.9 Å². The minimum atomic E-state index is -2.81. The van der Waals surface area contributed by atoms with E-state index >= 15 is 0 Å². The molecule has 13 heteroatoms. The molecular formula is C21H56O8Si5. The van der Waals surface area contributed by atoms with E-state index in [4.69, 9.17) is 30.7 Å². The largest absolute Gasteiger partial charge is 0.437 e. The molecule has 0 aromatic carbocycles. The molecule has 208 valence electrons. The monoisotopic (exact) mass is 576 g/mol. The smallest absolute Gasteiger partial charge is 0.344 e. The molecule has 34 heavy (non-hydrogen) atoms. The summed E-state index contributed by atoms with van der Waals surface area (Å²) in [6.45, 7) is 23.8. The summed E-state index contributed by atoms with van der Waals surface area (Å²) in [7, 11) is -11.5. The van der Waals surface area contributed by atoms with Gasteiger partial charge in [-0.15, -0.1) is 0 Å². The minimum Gasteiger partial charge on any atom is -0.437 e. The van der Waals surface area contributed by atoms with Crippen molar-refractivity contribution in [2.75, 3.05) is 39.3 Å². The van der Waals surface area contributed by atoms with Crippen LogP contribution in [0.4, 0.5) is 0 Å². The highest BCUT2D eigenvalue weighted by molar-refractivity contribution is 6.90. The predicted molar refractivity (Wildman–Crippen MR) is 153 cm³/mol. The van der Waals surface area contributed by atoms with Crippen LogP contribution in [0.3, 0.4) is 0 Å². The Hall–Kier alpha value is 0.764. The summed E-state index contributed by atoms with van der Waals surface area (Å²) in [5.41, 5.74) is 0. The van der Waals surface area contributed by atoms with Crippen LogP contribution in [-0.2, 0) is 30.7 Å². The Morgan fingerprint density at radius 2 is 1.29 bits per heavy atom. The lowest BCUT2D eigenvalue weighted by molar-refractivity contribution is 0.101. The molecule has 3 unspecified atom stereocenters. The van der Waals surface area contributed by atoms with Gasteiger partial charge >= 0.3 is 25.7 Å². The number of aliphatic hydroxyl groups is 1. The van der Waals surface area contributed by atoms with Gasteiger partial charge in [-0.3, -0.25) is 0 Å². The van der Waals surface area contributed by atoms with E-state index in [1.165, 1.54) is 0 Å². The molecule has 0 aromatic heterocycles. The van der Waals surface area contributed by atoms with Crippen LogP contribution in [0.15, 0.2) is 0 Å². The lowest BCUT2D eigenvalue weighted by Gasteiger charge is -2.44. The van der Waals surface area contributed by atoms with Gasteiger partial charge in [0, 0.05) is 6.61 Å². The first-order valence-electron chi connectivity index (χ1n) is 11.7. The van der Waals surface area contributed by atoms with Gasteiger partial charge in [0.2, 0.25) is 0 Å². The highest BCUT2D eigenvalue weighted by Crippen LogP contribution is 2.29. The van der Waals surface area contributed by atoms with Crippen LogP contribution in [0.1, 0.15) is 21.3 Å². The summed E-state index contributed by atoms with van der Waals surface area (Å²) in [6.07, 6.45) is 1.49. The number of rotatable bonds is 18. The Balaban J connectivity index is 0. The van der Waals surface area contributed by atoms with Crippen molar-refractivity contribution in [3.8, 4) is 0 Å². The topological polar surface area (TPSA) is 88.1 Å². The molecule has 0 bridgehead atoms. The highest BCUT2D eigenvalue weighted by Gasteiger charge is 2.49. The van der Waals surface area contributed by atoms with E-state index in [1.807, 2.05) is 6.55 Å². The molecule has 1 rings (SSSR count). The summed E-state index contributed by atoms with van der Waals surface area (Å²) in [5, 5.41) is 9.21. The van der Waals surface area contributed by atoms with E-state index in [-0.39, 0.29) is 34.2 Å². The molecule has 1 saturated heterocycles. The molecule has 0 aromatic rings. The van der Waals surface area contributed by atoms with E-state index in [9.17, 15) is 5.11 Å². The summed E-state index contributed by atoms with van der Waals surface area (Å²) >= 11 is 0. The molecule has 0 spiro atoms. The molecule has 1 fully saturated rings. The summed E-state index contributed by atoms with van der Waals surface area (Å²) in [5.74, 6) is 0. The fourth-order valence-corrected chi connectivity index (χ4v) is 26.9. The van der Waals surface area contributed by atoms with E-state index in [0.29, 0.717) is 19.4 Å². The van der Waals surface area contributed by atoms with Crippen LogP contribution >= 0.6 is 0 Å². The van der Waals surface area contributed by atoms with Gasteiger partial charge in [0.25, 0.3) is 0 Å². The van der Waals surface area contributed by atoms with Crippen molar-refractivity contribution in [3.05, 3.63) is 0 Å². The zero-order valence-electron chi connectivity index (χ0n) is 22.0. The SMILES string of the molecule is C.C.C[Si](C)(C)O[Si](C)(C)O[Si](C)(COCCO)O[Si](C)(CCCOCC1CO1)O[Si](C)(C)C. The second-order valence-electron chi connectivity index (χ2n) is 11.2. The summed E-state index contributed by atoms with van der Waals surface area (Å²) < 4.78 is 43.4. The molecule has 1 aliphatic rings. The van der Waals surface area contributed by atoms with Gasteiger partial charge in [0.05, 0.1) is 32.7 Å². The molecule has 0 saturated carbocycles. The van der Waals surface area contributed by atoms with Gasteiger partial charge in [-0.25, -0.2) is 0 Å². The van der Waals surface area contributed by atoms with Crippen LogP contribution < -0.4 is 0 Å². The van der Waals surface area contributed by atoms with Crippen molar-refractivity contribution in [3.63, 3.8) is 0 Å². The number of hydrogen-bond acceptors (Lipinski definition) is 8. The van der Waals surface area contributed by atoms with Crippen LogP contribution in [-0.4, -0.2) is 92.8 Å². The Kier molecular flexibility index (Phi) is 16.6. The van der Waals surface area contributed by atoms with Crippen LogP contribution in [0.25, 0.3) is 0 Å². The fourth-order valence-electron chi connectivity index (χ4n) is 3.78. The maximum atomic E-state index is 9.21. The quantitative estimate of drug-likeness (QED) is 0.135. The van der Waals surface area contributed by atoms with Crippen LogP contribution in [0.2, 0.25) is 71.5 Å². The fraction of sp³-hybridized carbons (Fsp3) is 1.00. The van der Waals surface area contributed by atoms with Crippen LogP contribution in [0, 0.1) is 0 Å². The van der Waals surface area contributed by atoms with Crippen molar-refractivity contribution in [2.24, 2.45) is 0 Å². The highest BCUT2D eigenvalue weighted by atomic mass is 28.5. The third kappa shape index (κ3) is 18.1. The molecule has 3 atom stereocenters. The molecule has 1 aliphatic heterocycles. The van der Waals surface area contributed by atoms with Gasteiger partial charge < -0.3 is 35.8 Å². The molecule has 0 radical (unpaired) electrons. The average molecular weight is 577 g/mol. The zero-order valence-corrected chi connectivity index (χ0v) is 27.0. The van der Waals surface area contributed by atoms with Gasteiger partial charge in [0.15, 0.2) is 16.6 Å². The first-order valence-corrected chi connectivity index (χ1v) is 26.3. The molecule has 1 N–H and O–H groups in total. The van der Waals surface area contributed by atoms with Crippen molar-refractivity contribution < 1.29 is 35.8 Å². The average Bonchev–Trinajstić information content (AvgIpc) is 3.33. The molecule has 0 amide bonds. The van der Waals surface area contributed by atoms with E-state index < -0.39 is 42.3 Å². The number of aliphatic hydroxyl groups excluding tert-OH is 1. The maximum absolute atomic E-state index is 9.21.